The van der Waals surface area contributed by atoms with E-state index in [1.54, 1.807) is 31.1 Å². The average Bonchev–Trinajstić information content (AvgIpc) is 2.52. The maximum Gasteiger partial charge on any atom is 0.255 e. The van der Waals surface area contributed by atoms with Crippen LogP contribution in [0.5, 0.6) is 0 Å². The summed E-state index contributed by atoms with van der Waals surface area (Å²) in [6, 6.07) is 9.25. The van der Waals surface area contributed by atoms with E-state index in [0.29, 0.717) is 17.6 Å². The van der Waals surface area contributed by atoms with Crippen LogP contribution in [0.4, 0.5) is 0 Å². The van der Waals surface area contributed by atoms with Gasteiger partial charge in [-0.15, -0.1) is 0 Å². The molecule has 0 aliphatic heterocycles. The largest absolute Gasteiger partial charge is 0.409 e. The van der Waals surface area contributed by atoms with Crippen molar-refractivity contribution in [1.82, 2.24) is 9.88 Å². The van der Waals surface area contributed by atoms with Gasteiger partial charge in [0.2, 0.25) is 0 Å². The minimum absolute atomic E-state index is 0.102. The van der Waals surface area contributed by atoms with E-state index in [2.05, 4.69) is 10.1 Å². The lowest BCUT2D eigenvalue weighted by molar-refractivity contribution is 0.0788. The van der Waals surface area contributed by atoms with E-state index >= 15 is 0 Å². The van der Waals surface area contributed by atoms with Crippen LogP contribution in [-0.2, 0) is 0 Å². The number of nitrogens with zero attached hydrogens (tertiary/aromatic N) is 3. The zero-order valence-corrected chi connectivity index (χ0v) is 12.0. The molecule has 0 fully saturated rings. The zero-order chi connectivity index (χ0) is 15.4. The first-order chi connectivity index (χ1) is 10.0. The molecule has 110 valence electrons. The van der Waals surface area contributed by atoms with Gasteiger partial charge in [0.15, 0.2) is 0 Å². The number of oxime groups is 1. The van der Waals surface area contributed by atoms with Gasteiger partial charge in [0.25, 0.3) is 5.91 Å². The first kappa shape index (κ1) is 14.8. The second kappa shape index (κ2) is 6.21. The lowest BCUT2D eigenvalue weighted by Gasteiger charge is -2.21. The van der Waals surface area contributed by atoms with E-state index in [0.717, 1.165) is 5.39 Å². The van der Waals surface area contributed by atoms with E-state index < -0.39 is 0 Å². The summed E-state index contributed by atoms with van der Waals surface area (Å²) in [6.45, 7) is 2.15. The summed E-state index contributed by atoms with van der Waals surface area (Å²) in [5.74, 6) is -0.269. The molecular weight excluding hydrogens is 268 g/mol. The van der Waals surface area contributed by atoms with Crippen LogP contribution < -0.4 is 5.73 Å². The Hall–Kier alpha value is -2.63. The number of para-hydroxylation sites is 1. The van der Waals surface area contributed by atoms with Crippen molar-refractivity contribution in [2.75, 3.05) is 13.6 Å². The topological polar surface area (TPSA) is 91.8 Å². The molecule has 1 heterocycles. The zero-order valence-electron chi connectivity index (χ0n) is 12.0. The molecule has 21 heavy (non-hydrogen) atoms. The van der Waals surface area contributed by atoms with Gasteiger partial charge in [-0.3, -0.25) is 9.78 Å². The summed E-state index contributed by atoms with van der Waals surface area (Å²) in [5.41, 5.74) is 6.76. The number of amides is 1. The van der Waals surface area contributed by atoms with Gasteiger partial charge in [0.05, 0.1) is 11.1 Å². The number of hydrogen-bond acceptors (Lipinski definition) is 4. The number of amidine groups is 1. The Morgan fingerprint density at radius 3 is 2.86 bits per heavy atom. The van der Waals surface area contributed by atoms with E-state index in [-0.39, 0.29) is 17.7 Å². The third-order valence-electron chi connectivity index (χ3n) is 3.38. The molecule has 0 saturated carbocycles. The quantitative estimate of drug-likeness (QED) is 0.387. The van der Waals surface area contributed by atoms with Crippen LogP contribution in [0.15, 0.2) is 41.7 Å². The Balaban J connectivity index is 2.26. The van der Waals surface area contributed by atoms with Crippen LogP contribution in [0.3, 0.4) is 0 Å². The average molecular weight is 286 g/mol. The van der Waals surface area contributed by atoms with Crippen molar-refractivity contribution in [2.24, 2.45) is 16.8 Å². The third kappa shape index (κ3) is 3.10. The first-order valence-corrected chi connectivity index (χ1v) is 6.61. The fourth-order valence-electron chi connectivity index (χ4n) is 2.17. The van der Waals surface area contributed by atoms with Gasteiger partial charge in [-0.25, -0.2) is 0 Å². The fourth-order valence-corrected chi connectivity index (χ4v) is 2.17. The molecule has 0 aliphatic carbocycles. The summed E-state index contributed by atoms with van der Waals surface area (Å²) in [7, 11) is 1.69. The molecule has 1 aromatic carbocycles. The van der Waals surface area contributed by atoms with Crippen molar-refractivity contribution in [1.29, 1.82) is 0 Å². The maximum atomic E-state index is 12.5. The molecule has 0 spiro atoms. The molecule has 2 aromatic rings. The van der Waals surface area contributed by atoms with Gasteiger partial charge in [0.1, 0.15) is 5.84 Å². The summed E-state index contributed by atoms with van der Waals surface area (Å²) >= 11 is 0. The minimum Gasteiger partial charge on any atom is -0.409 e. The van der Waals surface area contributed by atoms with Gasteiger partial charge in [-0.1, -0.05) is 30.3 Å². The van der Waals surface area contributed by atoms with Gasteiger partial charge >= 0.3 is 0 Å². The van der Waals surface area contributed by atoms with Gasteiger partial charge in [-0.05, 0) is 12.1 Å². The molecule has 0 aliphatic rings. The van der Waals surface area contributed by atoms with Crippen LogP contribution in [0, 0.1) is 5.92 Å². The molecule has 0 radical (unpaired) electrons. The lowest BCUT2D eigenvalue weighted by atomic mass is 10.1. The fraction of sp³-hybridized carbons (Fsp3) is 0.267. The molecule has 0 saturated heterocycles. The molecule has 1 atom stereocenters. The van der Waals surface area contributed by atoms with Crippen molar-refractivity contribution in [3.63, 3.8) is 0 Å². The second-order valence-corrected chi connectivity index (χ2v) is 4.99. The van der Waals surface area contributed by atoms with E-state index in [9.17, 15) is 4.79 Å². The van der Waals surface area contributed by atoms with Crippen molar-refractivity contribution < 1.29 is 10.0 Å². The molecule has 3 N–H and O–H groups in total. The SMILES string of the molecule is CC(CN(C)C(=O)c1cccc2cccnc12)C(N)=NO. The highest BCUT2D eigenvalue weighted by atomic mass is 16.4. The number of fused-ring (bicyclic) bond motifs is 1. The number of rotatable bonds is 4. The normalized spacial score (nSPS) is 13.1. The molecule has 6 heteroatoms. The first-order valence-electron chi connectivity index (χ1n) is 6.61. The van der Waals surface area contributed by atoms with Crippen molar-refractivity contribution in [2.45, 2.75) is 6.92 Å². The maximum absolute atomic E-state index is 12.5. The van der Waals surface area contributed by atoms with Gasteiger partial charge in [-0.2, -0.15) is 0 Å². The van der Waals surface area contributed by atoms with Crippen molar-refractivity contribution in [3.05, 3.63) is 42.1 Å². The van der Waals surface area contributed by atoms with E-state index in [4.69, 9.17) is 10.9 Å². The summed E-state index contributed by atoms with van der Waals surface area (Å²) in [6.07, 6.45) is 1.66. The lowest BCUT2D eigenvalue weighted by Crippen LogP contribution is -2.36. The van der Waals surface area contributed by atoms with E-state index in [1.165, 1.54) is 0 Å². The number of hydrogen-bond donors (Lipinski definition) is 2. The summed E-state index contributed by atoms with van der Waals surface area (Å²) in [5, 5.41) is 12.5. The van der Waals surface area contributed by atoms with E-state index in [1.807, 2.05) is 24.3 Å². The Bertz CT molecular complexity index is 679. The minimum atomic E-state index is -0.230. The number of aromatic nitrogens is 1. The molecule has 0 bridgehead atoms. The highest BCUT2D eigenvalue weighted by molar-refractivity contribution is 6.05. The Kier molecular flexibility index (Phi) is 4.37. The predicted octanol–water partition coefficient (Wildman–Crippen LogP) is 1.69. The highest BCUT2D eigenvalue weighted by Gasteiger charge is 2.18. The molecule has 1 aromatic heterocycles. The molecule has 2 rings (SSSR count). The number of carbonyl (C=O) groups excluding carboxylic acids is 1. The summed E-state index contributed by atoms with van der Waals surface area (Å²) in [4.78, 5) is 18.4. The third-order valence-corrected chi connectivity index (χ3v) is 3.38. The van der Waals surface area contributed by atoms with Gasteiger partial charge < -0.3 is 15.8 Å². The standard InChI is InChI=1S/C15H18N4O2/c1-10(14(16)18-21)9-19(2)15(20)12-7-3-5-11-6-4-8-17-13(11)12/h3-8,10,21H,9H2,1-2H3,(H2,16,18). The summed E-state index contributed by atoms with van der Waals surface area (Å²) < 4.78 is 0. The van der Waals surface area contributed by atoms with Crippen LogP contribution in [0.1, 0.15) is 17.3 Å². The van der Waals surface area contributed by atoms with Crippen LogP contribution >= 0.6 is 0 Å². The molecular formula is C15H18N4O2. The predicted molar refractivity (Wildman–Crippen MR) is 81.3 cm³/mol. The monoisotopic (exact) mass is 286 g/mol. The number of nitrogens with two attached hydrogens (primary N) is 1. The van der Waals surface area contributed by atoms with Crippen LogP contribution in [-0.4, -0.2) is 40.4 Å². The van der Waals surface area contributed by atoms with Crippen LogP contribution in [0.25, 0.3) is 10.9 Å². The number of pyridine rings is 1. The number of carbonyl (C=O) groups is 1. The molecule has 1 unspecified atom stereocenters. The molecule has 6 nitrogen and oxygen atoms in total. The van der Waals surface area contributed by atoms with Crippen molar-refractivity contribution >= 4 is 22.6 Å². The Labute approximate surface area is 122 Å². The smallest absolute Gasteiger partial charge is 0.255 e. The highest BCUT2D eigenvalue weighted by Crippen LogP contribution is 2.17. The second-order valence-electron chi connectivity index (χ2n) is 4.99. The van der Waals surface area contributed by atoms with Crippen molar-refractivity contribution in [3.8, 4) is 0 Å². The van der Waals surface area contributed by atoms with Crippen LogP contribution in [0.2, 0.25) is 0 Å². The molecule has 1 amide bonds. The Morgan fingerprint density at radius 1 is 1.43 bits per heavy atom. The van der Waals surface area contributed by atoms with Gasteiger partial charge in [0, 0.05) is 31.1 Å². The Morgan fingerprint density at radius 2 is 2.14 bits per heavy atom. The number of benzene rings is 1.